The van der Waals surface area contributed by atoms with Gasteiger partial charge in [-0.15, -0.1) is 0 Å². The minimum atomic E-state index is -4.71. The fraction of sp³-hybridized carbons (Fsp3) is 0.562. The molecule has 26 heavy (non-hydrogen) atoms. The van der Waals surface area contributed by atoms with Crippen LogP contribution < -0.4 is 4.72 Å². The molecule has 0 radical (unpaired) electrons. The Bertz CT molecular complexity index is 689. The van der Waals surface area contributed by atoms with Crippen LogP contribution in [0.2, 0.25) is 0 Å². The minimum Gasteiger partial charge on any atom is -0.466 e. The van der Waals surface area contributed by atoms with Gasteiger partial charge in [-0.25, -0.2) is 13.3 Å². The Morgan fingerprint density at radius 1 is 1.31 bits per heavy atom. The van der Waals surface area contributed by atoms with Crippen molar-refractivity contribution in [2.24, 2.45) is 0 Å². The maximum Gasteiger partial charge on any atom is 0.416 e. The molecule has 2 atom stereocenters. The number of halogens is 5. The summed E-state index contributed by atoms with van der Waals surface area (Å²) < 4.78 is 72.2. The standard InChI is InChI=1S/C16H20BrF4NO3S/c1-5-25-13(23)8-12(22-26(24)15(2,3)4)10-6-9(16(19,20)21)7-11(17)14(10)18/h6-7,12,22H,5,8H2,1-4H3/t12-,26+/m0/s1. The first kappa shape index (κ1) is 23.0. The van der Waals surface area contributed by atoms with Crippen molar-refractivity contribution in [2.45, 2.75) is 51.1 Å². The molecule has 0 fully saturated rings. The van der Waals surface area contributed by atoms with E-state index in [9.17, 15) is 26.6 Å². The van der Waals surface area contributed by atoms with Crippen LogP contribution in [0.25, 0.3) is 0 Å². The van der Waals surface area contributed by atoms with Crippen LogP contribution in [-0.2, 0) is 26.7 Å². The normalized spacial score (nSPS) is 14.8. The number of alkyl halides is 3. The first-order chi connectivity index (χ1) is 11.8. The van der Waals surface area contributed by atoms with Crippen LogP contribution in [0.3, 0.4) is 0 Å². The van der Waals surface area contributed by atoms with Gasteiger partial charge in [0.2, 0.25) is 0 Å². The van der Waals surface area contributed by atoms with Gasteiger partial charge in [-0.05, 0) is 55.8 Å². The van der Waals surface area contributed by atoms with Gasteiger partial charge in [-0.1, -0.05) is 0 Å². The average Bonchev–Trinajstić information content (AvgIpc) is 2.47. The average molecular weight is 462 g/mol. The molecular weight excluding hydrogens is 442 g/mol. The van der Waals surface area contributed by atoms with Crippen LogP contribution in [0.5, 0.6) is 0 Å². The number of hydrogen-bond acceptors (Lipinski definition) is 3. The lowest BCUT2D eigenvalue weighted by Crippen LogP contribution is -2.37. The molecule has 0 spiro atoms. The van der Waals surface area contributed by atoms with Gasteiger partial charge < -0.3 is 4.74 Å². The van der Waals surface area contributed by atoms with E-state index in [0.29, 0.717) is 12.1 Å². The lowest BCUT2D eigenvalue weighted by Gasteiger charge is -2.25. The van der Waals surface area contributed by atoms with E-state index < -0.39 is 61.8 Å². The number of nitrogens with one attached hydrogen (secondary N) is 1. The monoisotopic (exact) mass is 461 g/mol. The lowest BCUT2D eigenvalue weighted by molar-refractivity contribution is -0.143. The van der Waals surface area contributed by atoms with Crippen molar-refractivity contribution < 1.29 is 31.3 Å². The van der Waals surface area contributed by atoms with Gasteiger partial charge in [0.15, 0.2) is 0 Å². The minimum absolute atomic E-state index is 0.0582. The van der Waals surface area contributed by atoms with Gasteiger partial charge in [0.1, 0.15) is 5.82 Å². The van der Waals surface area contributed by atoms with Gasteiger partial charge in [-0.3, -0.25) is 4.79 Å². The topological polar surface area (TPSA) is 55.4 Å². The summed E-state index contributed by atoms with van der Waals surface area (Å²) in [4.78, 5) is 11.8. The van der Waals surface area contributed by atoms with Crippen LogP contribution in [0.15, 0.2) is 16.6 Å². The second kappa shape index (κ2) is 8.79. The van der Waals surface area contributed by atoms with Gasteiger partial charge >= 0.3 is 12.1 Å². The van der Waals surface area contributed by atoms with Crippen molar-refractivity contribution in [3.63, 3.8) is 0 Å². The Hall–Kier alpha value is -1.00. The summed E-state index contributed by atoms with van der Waals surface area (Å²) in [6, 6.07) is -0.0367. The number of hydrogen-bond donors (Lipinski definition) is 1. The van der Waals surface area contributed by atoms with Crippen LogP contribution in [0, 0.1) is 5.82 Å². The SMILES string of the molecule is CCOC(=O)C[C@H](N[S@](=O)C(C)(C)C)c1cc(C(F)(F)F)cc(Br)c1F. The molecule has 0 aliphatic carbocycles. The van der Waals surface area contributed by atoms with Crippen molar-refractivity contribution in [2.75, 3.05) is 6.61 Å². The molecule has 0 bridgehead atoms. The van der Waals surface area contributed by atoms with E-state index in [-0.39, 0.29) is 6.61 Å². The highest BCUT2D eigenvalue weighted by molar-refractivity contribution is 9.10. The Labute approximate surface area is 160 Å². The molecular formula is C16H20BrF4NO3S. The lowest BCUT2D eigenvalue weighted by atomic mass is 10.0. The Kier molecular flexibility index (Phi) is 7.79. The molecule has 0 heterocycles. The highest BCUT2D eigenvalue weighted by Crippen LogP contribution is 2.36. The van der Waals surface area contributed by atoms with Gasteiger partial charge in [-0.2, -0.15) is 13.2 Å². The smallest absolute Gasteiger partial charge is 0.416 e. The van der Waals surface area contributed by atoms with E-state index in [1.165, 1.54) is 0 Å². The Morgan fingerprint density at radius 2 is 1.88 bits per heavy atom. The second-order valence-electron chi connectivity index (χ2n) is 6.42. The molecule has 1 aromatic rings. The van der Waals surface area contributed by atoms with Crippen molar-refractivity contribution in [1.29, 1.82) is 0 Å². The van der Waals surface area contributed by atoms with E-state index in [4.69, 9.17) is 4.74 Å². The fourth-order valence-electron chi connectivity index (χ4n) is 1.94. The molecule has 0 unspecified atom stereocenters. The van der Waals surface area contributed by atoms with Crippen LogP contribution >= 0.6 is 15.9 Å². The van der Waals surface area contributed by atoms with Gasteiger partial charge in [0, 0.05) is 5.56 Å². The Morgan fingerprint density at radius 3 is 2.35 bits per heavy atom. The van der Waals surface area contributed by atoms with Crippen LogP contribution in [0.1, 0.15) is 51.3 Å². The zero-order chi connectivity index (χ0) is 20.3. The first-order valence-electron chi connectivity index (χ1n) is 7.67. The molecule has 0 saturated carbocycles. The number of esters is 1. The quantitative estimate of drug-likeness (QED) is 0.495. The summed E-state index contributed by atoms with van der Waals surface area (Å²) in [5.74, 6) is -1.71. The van der Waals surface area contributed by atoms with Crippen molar-refractivity contribution in [1.82, 2.24) is 4.72 Å². The van der Waals surface area contributed by atoms with E-state index in [1.54, 1.807) is 27.7 Å². The van der Waals surface area contributed by atoms with E-state index >= 15 is 0 Å². The van der Waals surface area contributed by atoms with Gasteiger partial charge in [0.05, 0.1) is 44.8 Å². The van der Waals surface area contributed by atoms with Crippen LogP contribution in [0.4, 0.5) is 17.6 Å². The number of carbonyl (C=O) groups excluding carboxylic acids is 1. The molecule has 0 saturated heterocycles. The van der Waals surface area contributed by atoms with Crippen LogP contribution in [-0.4, -0.2) is 21.5 Å². The summed E-state index contributed by atoms with van der Waals surface area (Å²) in [7, 11) is -1.75. The summed E-state index contributed by atoms with van der Waals surface area (Å²) >= 11 is 2.77. The number of carbonyl (C=O) groups is 1. The number of benzene rings is 1. The summed E-state index contributed by atoms with van der Waals surface area (Å²) in [5.41, 5.74) is -1.50. The molecule has 148 valence electrons. The highest BCUT2D eigenvalue weighted by atomic mass is 79.9. The molecule has 1 N–H and O–H groups in total. The molecule has 0 aliphatic heterocycles. The zero-order valence-corrected chi connectivity index (χ0v) is 17.1. The third kappa shape index (κ3) is 6.31. The van der Waals surface area contributed by atoms with E-state index in [2.05, 4.69) is 20.7 Å². The predicted octanol–water partition coefficient (Wildman–Crippen LogP) is 4.65. The first-order valence-corrected chi connectivity index (χ1v) is 9.61. The largest absolute Gasteiger partial charge is 0.466 e. The summed E-state index contributed by atoms with van der Waals surface area (Å²) in [6.45, 7) is 6.53. The van der Waals surface area contributed by atoms with Crippen molar-refractivity contribution >= 4 is 32.9 Å². The molecule has 0 aliphatic rings. The molecule has 0 aromatic heterocycles. The molecule has 10 heteroatoms. The highest BCUT2D eigenvalue weighted by Gasteiger charge is 2.34. The van der Waals surface area contributed by atoms with Crippen molar-refractivity contribution in [3.8, 4) is 0 Å². The molecule has 4 nitrogen and oxygen atoms in total. The maximum atomic E-state index is 14.5. The molecule has 1 rings (SSSR count). The predicted molar refractivity (Wildman–Crippen MR) is 94.1 cm³/mol. The van der Waals surface area contributed by atoms with E-state index in [0.717, 1.165) is 0 Å². The van der Waals surface area contributed by atoms with Crippen molar-refractivity contribution in [3.05, 3.63) is 33.5 Å². The number of ether oxygens (including phenoxy) is 1. The summed E-state index contributed by atoms with van der Waals surface area (Å²) in [6.07, 6.45) is -5.18. The molecule has 0 amide bonds. The van der Waals surface area contributed by atoms with E-state index in [1.807, 2.05) is 0 Å². The second-order valence-corrected chi connectivity index (χ2v) is 9.27. The third-order valence-electron chi connectivity index (χ3n) is 3.24. The number of rotatable bonds is 6. The van der Waals surface area contributed by atoms with Gasteiger partial charge in [0.25, 0.3) is 0 Å². The zero-order valence-electron chi connectivity index (χ0n) is 14.7. The summed E-state index contributed by atoms with van der Waals surface area (Å²) in [5, 5.41) is 0. The molecule has 1 aromatic carbocycles. The maximum absolute atomic E-state index is 14.5. The third-order valence-corrected chi connectivity index (χ3v) is 5.43. The Balaban J connectivity index is 3.39. The fourth-order valence-corrected chi connectivity index (χ4v) is 3.23.